The van der Waals surface area contributed by atoms with Gasteiger partial charge in [-0.25, -0.2) is 0 Å². The Morgan fingerprint density at radius 3 is 2.87 bits per heavy atom. The molecule has 80 valence electrons. The van der Waals surface area contributed by atoms with Crippen molar-refractivity contribution in [3.8, 4) is 0 Å². The molecule has 1 aromatic rings. The maximum atomic E-state index is 10.6. The lowest BCUT2D eigenvalue weighted by Gasteiger charge is -2.40. The second kappa shape index (κ2) is 3.98. The summed E-state index contributed by atoms with van der Waals surface area (Å²) in [6.07, 6.45) is 1.76. The van der Waals surface area contributed by atoms with Crippen LogP contribution in [-0.2, 0) is 4.79 Å². The molecule has 0 aliphatic carbocycles. The number of hydrogen-bond acceptors (Lipinski definition) is 3. The molecule has 0 aromatic carbocycles. The maximum Gasteiger partial charge on any atom is 0.309 e. The Bertz CT molecular complexity index is 347. The standard InChI is InChI=1S/C11H14N2O2/c1-8(10-4-2-3-5-12-10)13-6-9(7-13)11(14)15/h2-5,8-9H,6-7H2,1H3,(H,14,15)/t8-/m0/s1. The smallest absolute Gasteiger partial charge is 0.309 e. The molecule has 0 bridgehead atoms. The number of aromatic nitrogens is 1. The van der Waals surface area contributed by atoms with E-state index < -0.39 is 5.97 Å². The van der Waals surface area contributed by atoms with Crippen molar-refractivity contribution in [2.45, 2.75) is 13.0 Å². The molecule has 1 saturated heterocycles. The molecule has 0 amide bonds. The van der Waals surface area contributed by atoms with Crippen molar-refractivity contribution in [3.05, 3.63) is 30.1 Å². The van der Waals surface area contributed by atoms with Crippen LogP contribution in [0.3, 0.4) is 0 Å². The van der Waals surface area contributed by atoms with Crippen LogP contribution in [0.15, 0.2) is 24.4 Å². The van der Waals surface area contributed by atoms with E-state index in [-0.39, 0.29) is 12.0 Å². The third kappa shape index (κ3) is 1.99. The van der Waals surface area contributed by atoms with Crippen molar-refractivity contribution in [1.29, 1.82) is 0 Å². The number of pyridine rings is 1. The Labute approximate surface area is 88.6 Å². The first-order valence-electron chi connectivity index (χ1n) is 5.06. The topological polar surface area (TPSA) is 53.4 Å². The van der Waals surface area contributed by atoms with Gasteiger partial charge in [-0.2, -0.15) is 0 Å². The fraction of sp³-hybridized carbons (Fsp3) is 0.455. The van der Waals surface area contributed by atoms with Gasteiger partial charge in [-0.05, 0) is 19.1 Å². The van der Waals surface area contributed by atoms with Gasteiger partial charge in [0.15, 0.2) is 0 Å². The van der Waals surface area contributed by atoms with E-state index in [9.17, 15) is 4.79 Å². The third-order valence-corrected chi connectivity index (χ3v) is 2.92. The minimum absolute atomic E-state index is 0.198. The Morgan fingerprint density at radius 1 is 1.60 bits per heavy atom. The van der Waals surface area contributed by atoms with E-state index in [1.165, 1.54) is 0 Å². The number of hydrogen-bond donors (Lipinski definition) is 1. The molecule has 4 heteroatoms. The number of likely N-dealkylation sites (tertiary alicyclic amines) is 1. The molecule has 0 spiro atoms. The van der Waals surface area contributed by atoms with E-state index in [0.717, 1.165) is 5.69 Å². The van der Waals surface area contributed by atoms with Crippen molar-refractivity contribution in [2.24, 2.45) is 5.92 Å². The van der Waals surface area contributed by atoms with Crippen LogP contribution in [0, 0.1) is 5.92 Å². The van der Waals surface area contributed by atoms with Crippen molar-refractivity contribution >= 4 is 5.97 Å². The van der Waals surface area contributed by atoms with Gasteiger partial charge in [-0.3, -0.25) is 14.7 Å². The summed E-state index contributed by atoms with van der Waals surface area (Å²) in [5.74, 6) is -0.893. The molecule has 0 unspecified atom stereocenters. The molecule has 2 heterocycles. The van der Waals surface area contributed by atoms with Crippen LogP contribution in [0.2, 0.25) is 0 Å². The predicted octanol–water partition coefficient (Wildman–Crippen LogP) is 1.16. The largest absolute Gasteiger partial charge is 0.481 e. The van der Waals surface area contributed by atoms with Crippen molar-refractivity contribution in [1.82, 2.24) is 9.88 Å². The van der Waals surface area contributed by atoms with Gasteiger partial charge in [0.05, 0.1) is 11.6 Å². The average molecular weight is 206 g/mol. The van der Waals surface area contributed by atoms with Gasteiger partial charge in [-0.15, -0.1) is 0 Å². The van der Waals surface area contributed by atoms with Gasteiger partial charge in [0.1, 0.15) is 0 Å². The summed E-state index contributed by atoms with van der Waals surface area (Å²) < 4.78 is 0. The molecule has 1 N–H and O–H groups in total. The Morgan fingerprint density at radius 2 is 2.33 bits per heavy atom. The summed E-state index contributed by atoms with van der Waals surface area (Å²) >= 11 is 0. The molecule has 0 saturated carbocycles. The number of carboxylic acid groups (broad SMARTS) is 1. The molecular formula is C11H14N2O2. The molecule has 1 fully saturated rings. The molecule has 2 rings (SSSR count). The number of nitrogens with zero attached hydrogens (tertiary/aromatic N) is 2. The molecule has 15 heavy (non-hydrogen) atoms. The van der Waals surface area contributed by atoms with Crippen molar-refractivity contribution in [3.63, 3.8) is 0 Å². The second-order valence-electron chi connectivity index (χ2n) is 3.92. The lowest BCUT2D eigenvalue weighted by atomic mass is 9.97. The fourth-order valence-corrected chi connectivity index (χ4v) is 1.80. The summed E-state index contributed by atoms with van der Waals surface area (Å²) in [6, 6.07) is 6.01. The Balaban J connectivity index is 1.95. The minimum atomic E-state index is -0.695. The zero-order valence-corrected chi connectivity index (χ0v) is 8.63. The normalized spacial score (nSPS) is 19.5. The van der Waals surface area contributed by atoms with E-state index in [1.54, 1.807) is 6.20 Å². The number of rotatable bonds is 3. The van der Waals surface area contributed by atoms with Crippen LogP contribution >= 0.6 is 0 Å². The van der Waals surface area contributed by atoms with Gasteiger partial charge in [0.2, 0.25) is 0 Å². The molecule has 4 nitrogen and oxygen atoms in total. The second-order valence-corrected chi connectivity index (χ2v) is 3.92. The lowest BCUT2D eigenvalue weighted by Crippen LogP contribution is -2.51. The fourth-order valence-electron chi connectivity index (χ4n) is 1.80. The highest BCUT2D eigenvalue weighted by Gasteiger charge is 2.35. The third-order valence-electron chi connectivity index (χ3n) is 2.92. The first-order valence-corrected chi connectivity index (χ1v) is 5.06. The van der Waals surface area contributed by atoms with Crippen LogP contribution in [0.25, 0.3) is 0 Å². The highest BCUT2D eigenvalue weighted by molar-refractivity contribution is 5.71. The highest BCUT2D eigenvalue weighted by atomic mass is 16.4. The molecule has 1 aliphatic rings. The SMILES string of the molecule is C[C@@H](c1ccccn1)N1CC(C(=O)O)C1. The van der Waals surface area contributed by atoms with E-state index in [4.69, 9.17) is 5.11 Å². The Hall–Kier alpha value is -1.42. The van der Waals surface area contributed by atoms with Crippen LogP contribution < -0.4 is 0 Å². The van der Waals surface area contributed by atoms with E-state index in [1.807, 2.05) is 18.2 Å². The predicted molar refractivity (Wildman–Crippen MR) is 55.4 cm³/mol. The van der Waals surface area contributed by atoms with Gasteiger partial charge in [0, 0.05) is 25.3 Å². The highest BCUT2D eigenvalue weighted by Crippen LogP contribution is 2.26. The molecule has 1 aromatic heterocycles. The van der Waals surface area contributed by atoms with E-state index in [2.05, 4.69) is 16.8 Å². The maximum absolute atomic E-state index is 10.6. The first kappa shape index (κ1) is 10.1. The van der Waals surface area contributed by atoms with Crippen LogP contribution in [0.5, 0.6) is 0 Å². The number of aliphatic carboxylic acids is 1. The Kier molecular flexibility index (Phi) is 2.68. The summed E-state index contributed by atoms with van der Waals surface area (Å²) in [5.41, 5.74) is 1.00. The molecule has 1 atom stereocenters. The monoisotopic (exact) mass is 206 g/mol. The molecule has 1 aliphatic heterocycles. The quantitative estimate of drug-likeness (QED) is 0.806. The van der Waals surface area contributed by atoms with Gasteiger partial charge < -0.3 is 5.11 Å². The van der Waals surface area contributed by atoms with E-state index in [0.29, 0.717) is 13.1 Å². The summed E-state index contributed by atoms with van der Waals surface area (Å²) in [4.78, 5) is 17.0. The summed E-state index contributed by atoms with van der Waals surface area (Å²) in [6.45, 7) is 3.32. The zero-order valence-electron chi connectivity index (χ0n) is 8.63. The minimum Gasteiger partial charge on any atom is -0.481 e. The van der Waals surface area contributed by atoms with Gasteiger partial charge >= 0.3 is 5.97 Å². The summed E-state index contributed by atoms with van der Waals surface area (Å²) in [7, 11) is 0. The first-order chi connectivity index (χ1) is 7.18. The van der Waals surface area contributed by atoms with Crippen LogP contribution in [0.4, 0.5) is 0 Å². The van der Waals surface area contributed by atoms with E-state index >= 15 is 0 Å². The number of carboxylic acids is 1. The summed E-state index contributed by atoms with van der Waals surface area (Å²) in [5, 5.41) is 8.76. The van der Waals surface area contributed by atoms with Crippen molar-refractivity contribution in [2.75, 3.05) is 13.1 Å². The van der Waals surface area contributed by atoms with Gasteiger partial charge in [0.25, 0.3) is 0 Å². The van der Waals surface area contributed by atoms with Crippen LogP contribution in [-0.4, -0.2) is 34.0 Å². The van der Waals surface area contributed by atoms with Crippen LogP contribution in [0.1, 0.15) is 18.7 Å². The zero-order chi connectivity index (χ0) is 10.8. The average Bonchev–Trinajstić information content (AvgIpc) is 2.16. The molecular weight excluding hydrogens is 192 g/mol. The van der Waals surface area contributed by atoms with Crippen molar-refractivity contribution < 1.29 is 9.90 Å². The lowest BCUT2D eigenvalue weighted by molar-refractivity contribution is -0.148. The number of carbonyl (C=O) groups is 1. The molecule has 0 radical (unpaired) electrons. The van der Waals surface area contributed by atoms with Gasteiger partial charge in [-0.1, -0.05) is 6.07 Å².